The molecule has 2 atom stereocenters. The molecule has 1 aliphatic heterocycles. The van der Waals surface area contributed by atoms with Crippen LogP contribution in [0.25, 0.3) is 0 Å². The topological polar surface area (TPSA) is 26.0 Å². The lowest BCUT2D eigenvalue weighted by molar-refractivity contribution is 0.375. The third-order valence-corrected chi connectivity index (χ3v) is 4.64. The first-order valence-corrected chi connectivity index (χ1v) is 6.35. The van der Waals surface area contributed by atoms with Crippen molar-refractivity contribution in [3.63, 3.8) is 0 Å². The second-order valence-electron chi connectivity index (χ2n) is 4.35. The Labute approximate surface area is 79.5 Å². The van der Waals surface area contributed by atoms with Crippen molar-refractivity contribution in [1.29, 1.82) is 0 Å². The summed E-state index contributed by atoms with van der Waals surface area (Å²) in [7, 11) is 0. The molecule has 2 fully saturated rings. The van der Waals surface area contributed by atoms with Crippen LogP contribution in [0, 0.1) is 11.8 Å². The number of rotatable bonds is 2. The Kier molecular flexibility index (Phi) is 2.97. The quantitative estimate of drug-likeness (QED) is 0.714. The molecule has 0 spiro atoms. The molecule has 1 aliphatic carbocycles. The summed E-state index contributed by atoms with van der Waals surface area (Å²) in [6, 6.07) is 0.510. The lowest BCUT2D eigenvalue weighted by Gasteiger charge is -2.18. The van der Waals surface area contributed by atoms with Gasteiger partial charge in [-0.3, -0.25) is 0 Å². The highest BCUT2D eigenvalue weighted by Crippen LogP contribution is 2.35. The molecule has 1 nitrogen and oxygen atoms in total. The van der Waals surface area contributed by atoms with Crippen molar-refractivity contribution in [2.75, 3.05) is 11.5 Å². The van der Waals surface area contributed by atoms with Gasteiger partial charge in [-0.15, -0.1) is 0 Å². The maximum atomic E-state index is 6.04. The largest absolute Gasteiger partial charge is 0.327 e. The van der Waals surface area contributed by atoms with Gasteiger partial charge in [-0.2, -0.15) is 11.8 Å². The van der Waals surface area contributed by atoms with Gasteiger partial charge in [0.05, 0.1) is 0 Å². The van der Waals surface area contributed by atoms with Gasteiger partial charge in [0.1, 0.15) is 0 Å². The van der Waals surface area contributed by atoms with E-state index in [1.807, 2.05) is 11.8 Å². The molecule has 1 saturated heterocycles. The van der Waals surface area contributed by atoms with Crippen LogP contribution in [0.4, 0.5) is 0 Å². The van der Waals surface area contributed by atoms with Gasteiger partial charge in [0.25, 0.3) is 0 Å². The number of hydrogen-bond donors (Lipinski definition) is 1. The first-order valence-electron chi connectivity index (χ1n) is 5.19. The molecule has 0 aromatic heterocycles. The monoisotopic (exact) mass is 185 g/mol. The predicted octanol–water partition coefficient (Wildman–Crippen LogP) is 2.26. The zero-order valence-corrected chi connectivity index (χ0v) is 8.48. The summed E-state index contributed by atoms with van der Waals surface area (Å²) in [5.74, 6) is 4.41. The molecule has 2 rings (SSSR count). The highest BCUT2D eigenvalue weighted by molar-refractivity contribution is 7.99. The van der Waals surface area contributed by atoms with Crippen LogP contribution in [0.15, 0.2) is 0 Å². The van der Waals surface area contributed by atoms with Crippen molar-refractivity contribution >= 4 is 11.8 Å². The maximum absolute atomic E-state index is 6.04. The van der Waals surface area contributed by atoms with E-state index >= 15 is 0 Å². The summed E-state index contributed by atoms with van der Waals surface area (Å²) < 4.78 is 0. The summed E-state index contributed by atoms with van der Waals surface area (Å²) in [4.78, 5) is 0. The van der Waals surface area contributed by atoms with Crippen LogP contribution < -0.4 is 5.73 Å². The van der Waals surface area contributed by atoms with Crippen molar-refractivity contribution in [1.82, 2.24) is 0 Å². The third-order valence-electron chi connectivity index (χ3n) is 3.36. The van der Waals surface area contributed by atoms with E-state index in [9.17, 15) is 0 Å². The Bertz CT molecular complexity index is 143. The van der Waals surface area contributed by atoms with Gasteiger partial charge < -0.3 is 5.73 Å². The Balaban J connectivity index is 1.77. The minimum atomic E-state index is 0.510. The summed E-state index contributed by atoms with van der Waals surface area (Å²) in [6.07, 6.45) is 7.33. The summed E-state index contributed by atoms with van der Waals surface area (Å²) in [5.41, 5.74) is 6.04. The van der Waals surface area contributed by atoms with Gasteiger partial charge in [0, 0.05) is 11.8 Å². The number of hydrogen-bond acceptors (Lipinski definition) is 2. The van der Waals surface area contributed by atoms with Crippen LogP contribution in [0.1, 0.15) is 32.1 Å². The first kappa shape index (κ1) is 8.89. The van der Waals surface area contributed by atoms with Crippen molar-refractivity contribution in [3.05, 3.63) is 0 Å². The maximum Gasteiger partial charge on any atom is 0.0166 e. The third kappa shape index (κ3) is 1.97. The van der Waals surface area contributed by atoms with Crippen molar-refractivity contribution in [2.24, 2.45) is 17.6 Å². The summed E-state index contributed by atoms with van der Waals surface area (Å²) in [5, 5.41) is 0. The zero-order valence-electron chi connectivity index (χ0n) is 7.67. The van der Waals surface area contributed by atoms with E-state index in [0.717, 1.165) is 11.8 Å². The van der Waals surface area contributed by atoms with Gasteiger partial charge in [-0.05, 0) is 24.0 Å². The van der Waals surface area contributed by atoms with E-state index < -0.39 is 0 Å². The van der Waals surface area contributed by atoms with Crippen LogP contribution in [0.3, 0.4) is 0 Å². The summed E-state index contributed by atoms with van der Waals surface area (Å²) in [6.45, 7) is 0. The van der Waals surface area contributed by atoms with Gasteiger partial charge in [-0.25, -0.2) is 0 Å². The van der Waals surface area contributed by atoms with Crippen molar-refractivity contribution in [2.45, 2.75) is 38.1 Å². The molecule has 70 valence electrons. The van der Waals surface area contributed by atoms with E-state index in [1.54, 1.807) is 0 Å². The van der Waals surface area contributed by atoms with Crippen LogP contribution in [0.2, 0.25) is 0 Å². The van der Waals surface area contributed by atoms with E-state index in [4.69, 9.17) is 5.73 Å². The van der Waals surface area contributed by atoms with Crippen molar-refractivity contribution < 1.29 is 0 Å². The Hall–Kier alpha value is 0.310. The van der Waals surface area contributed by atoms with Gasteiger partial charge in [0.15, 0.2) is 0 Å². The molecule has 1 heterocycles. The molecule has 12 heavy (non-hydrogen) atoms. The second-order valence-corrected chi connectivity index (χ2v) is 5.42. The fraction of sp³-hybridized carbons (Fsp3) is 1.00. The van der Waals surface area contributed by atoms with Crippen LogP contribution in [0.5, 0.6) is 0 Å². The molecule has 0 aromatic carbocycles. The zero-order chi connectivity index (χ0) is 8.39. The molecular formula is C10H19NS. The fourth-order valence-electron chi connectivity index (χ4n) is 2.53. The highest BCUT2D eigenvalue weighted by atomic mass is 32.2. The van der Waals surface area contributed by atoms with E-state index in [-0.39, 0.29) is 0 Å². The molecule has 0 bridgehead atoms. The molecule has 1 saturated carbocycles. The average molecular weight is 185 g/mol. The minimum absolute atomic E-state index is 0.510. The molecule has 2 aliphatic rings. The SMILES string of the molecule is NC1CSCC1CC1CCCC1. The lowest BCUT2D eigenvalue weighted by Crippen LogP contribution is -2.29. The van der Waals surface area contributed by atoms with Crippen LogP contribution >= 0.6 is 11.8 Å². The standard InChI is InChI=1S/C10H19NS/c11-10-7-12-6-9(10)5-8-3-1-2-4-8/h8-10H,1-7,11H2. The van der Waals surface area contributed by atoms with Gasteiger partial charge in [0.2, 0.25) is 0 Å². The smallest absolute Gasteiger partial charge is 0.0166 e. The van der Waals surface area contributed by atoms with E-state index in [1.165, 1.54) is 43.6 Å². The summed E-state index contributed by atoms with van der Waals surface area (Å²) >= 11 is 2.05. The highest BCUT2D eigenvalue weighted by Gasteiger charge is 2.28. The second kappa shape index (κ2) is 4.01. The predicted molar refractivity (Wildman–Crippen MR) is 55.4 cm³/mol. The molecule has 0 aromatic rings. The van der Waals surface area contributed by atoms with Gasteiger partial charge >= 0.3 is 0 Å². The Morgan fingerprint density at radius 1 is 1.17 bits per heavy atom. The van der Waals surface area contributed by atoms with E-state index in [0.29, 0.717) is 6.04 Å². The molecule has 0 radical (unpaired) electrons. The minimum Gasteiger partial charge on any atom is -0.327 e. The van der Waals surface area contributed by atoms with Gasteiger partial charge in [-0.1, -0.05) is 25.7 Å². The lowest BCUT2D eigenvalue weighted by atomic mass is 9.90. The molecular weight excluding hydrogens is 166 g/mol. The van der Waals surface area contributed by atoms with E-state index in [2.05, 4.69) is 0 Å². The van der Waals surface area contributed by atoms with Crippen LogP contribution in [-0.2, 0) is 0 Å². The number of thioether (sulfide) groups is 1. The van der Waals surface area contributed by atoms with Crippen molar-refractivity contribution in [3.8, 4) is 0 Å². The fourth-order valence-corrected chi connectivity index (χ4v) is 3.90. The average Bonchev–Trinajstić information content (AvgIpc) is 2.65. The first-order chi connectivity index (χ1) is 5.86. The normalized spacial score (nSPS) is 37.8. The molecule has 2 N–H and O–H groups in total. The molecule has 0 amide bonds. The molecule has 2 unspecified atom stereocenters. The van der Waals surface area contributed by atoms with Crippen LogP contribution in [-0.4, -0.2) is 17.5 Å². The number of nitrogens with two attached hydrogens (primary N) is 1. The Morgan fingerprint density at radius 2 is 1.92 bits per heavy atom. The molecule has 2 heteroatoms. The Morgan fingerprint density at radius 3 is 2.50 bits per heavy atom.